The van der Waals surface area contributed by atoms with E-state index in [4.69, 9.17) is 5.11 Å². The van der Waals surface area contributed by atoms with Gasteiger partial charge in [-0.15, -0.1) is 0 Å². The summed E-state index contributed by atoms with van der Waals surface area (Å²) in [7, 11) is 2.04. The van der Waals surface area contributed by atoms with E-state index in [0.717, 1.165) is 13.1 Å². The second-order valence-electron chi connectivity index (χ2n) is 6.24. The van der Waals surface area contributed by atoms with E-state index >= 15 is 0 Å². The Morgan fingerprint density at radius 2 is 1.79 bits per heavy atom. The highest BCUT2D eigenvalue weighted by molar-refractivity contribution is 5.97. The molecule has 0 saturated carbocycles. The van der Waals surface area contributed by atoms with Crippen LogP contribution >= 0.6 is 0 Å². The molecule has 1 aromatic carbocycles. The molecule has 1 heterocycles. The molecule has 2 amide bonds. The zero-order valence-corrected chi connectivity index (χ0v) is 14.3. The highest BCUT2D eigenvalue weighted by atomic mass is 16.3. The number of hydrogen-bond donors (Lipinski definition) is 2. The Labute approximate surface area is 143 Å². The lowest BCUT2D eigenvalue weighted by atomic mass is 10.1. The van der Waals surface area contributed by atoms with Gasteiger partial charge < -0.3 is 20.2 Å². The third-order valence-corrected chi connectivity index (χ3v) is 4.36. The van der Waals surface area contributed by atoms with Crippen LogP contribution in [0.1, 0.15) is 29.6 Å². The normalized spacial score (nSPS) is 16.7. The molecule has 2 rings (SSSR count). The van der Waals surface area contributed by atoms with Crippen LogP contribution in [-0.2, 0) is 4.79 Å². The summed E-state index contributed by atoms with van der Waals surface area (Å²) in [6, 6.07) is 8.40. The van der Waals surface area contributed by atoms with Crippen molar-refractivity contribution in [3.63, 3.8) is 0 Å². The van der Waals surface area contributed by atoms with Gasteiger partial charge >= 0.3 is 0 Å². The van der Waals surface area contributed by atoms with Gasteiger partial charge in [-0.05, 0) is 38.4 Å². The van der Waals surface area contributed by atoms with Gasteiger partial charge in [-0.1, -0.05) is 18.2 Å². The first-order valence-electron chi connectivity index (χ1n) is 8.56. The zero-order chi connectivity index (χ0) is 17.4. The molecule has 1 saturated heterocycles. The van der Waals surface area contributed by atoms with E-state index in [1.54, 1.807) is 24.3 Å². The lowest BCUT2D eigenvalue weighted by molar-refractivity contribution is -0.135. The summed E-state index contributed by atoms with van der Waals surface area (Å²) < 4.78 is 0. The van der Waals surface area contributed by atoms with E-state index in [9.17, 15) is 9.59 Å². The highest BCUT2D eigenvalue weighted by Crippen LogP contribution is 2.09. The predicted molar refractivity (Wildman–Crippen MR) is 92.7 cm³/mol. The fourth-order valence-corrected chi connectivity index (χ4v) is 2.80. The first kappa shape index (κ1) is 18.4. The Morgan fingerprint density at radius 1 is 1.12 bits per heavy atom. The topological polar surface area (TPSA) is 72.9 Å². The van der Waals surface area contributed by atoms with Crippen LogP contribution in [0.4, 0.5) is 0 Å². The van der Waals surface area contributed by atoms with Crippen molar-refractivity contribution in [1.29, 1.82) is 0 Å². The number of carbonyl (C=O) groups is 2. The lowest BCUT2D eigenvalue weighted by Crippen LogP contribution is -2.54. The average molecular weight is 333 g/mol. The van der Waals surface area contributed by atoms with Gasteiger partial charge in [-0.2, -0.15) is 0 Å². The van der Waals surface area contributed by atoms with Gasteiger partial charge in [0, 0.05) is 38.3 Å². The molecule has 1 atom stereocenters. The Kier molecular flexibility index (Phi) is 7.21. The van der Waals surface area contributed by atoms with Gasteiger partial charge in [-0.25, -0.2) is 0 Å². The Balaban J connectivity index is 2.00. The van der Waals surface area contributed by atoms with Crippen LogP contribution in [0.25, 0.3) is 0 Å². The highest BCUT2D eigenvalue weighted by Gasteiger charge is 2.27. The summed E-state index contributed by atoms with van der Waals surface area (Å²) in [5, 5.41) is 11.8. The molecular weight excluding hydrogens is 306 g/mol. The molecule has 1 aliphatic rings. The van der Waals surface area contributed by atoms with Gasteiger partial charge in [0.2, 0.25) is 5.91 Å². The molecule has 0 bridgehead atoms. The minimum absolute atomic E-state index is 0.0229. The van der Waals surface area contributed by atoms with E-state index in [1.807, 2.05) is 18.0 Å². The van der Waals surface area contributed by atoms with Gasteiger partial charge in [0.1, 0.15) is 6.04 Å². The molecule has 1 unspecified atom stereocenters. The van der Waals surface area contributed by atoms with Crippen LogP contribution in [0.5, 0.6) is 0 Å². The lowest BCUT2D eigenvalue weighted by Gasteiger charge is -2.34. The monoisotopic (exact) mass is 333 g/mol. The number of benzene rings is 1. The molecule has 0 aromatic heterocycles. The van der Waals surface area contributed by atoms with Gasteiger partial charge in [0.05, 0.1) is 0 Å². The van der Waals surface area contributed by atoms with E-state index in [-0.39, 0.29) is 18.4 Å². The molecular formula is C18H27N3O3. The second kappa shape index (κ2) is 9.39. The molecule has 6 nitrogen and oxygen atoms in total. The second-order valence-corrected chi connectivity index (χ2v) is 6.24. The van der Waals surface area contributed by atoms with Crippen LogP contribution in [0.15, 0.2) is 30.3 Å². The molecule has 1 aromatic rings. The van der Waals surface area contributed by atoms with Gasteiger partial charge in [0.15, 0.2) is 0 Å². The molecule has 6 heteroatoms. The SMILES string of the molecule is CN1CCN(C(=O)C(CCCCO)NC(=O)c2ccccc2)CC1. The average Bonchev–Trinajstić information content (AvgIpc) is 2.61. The number of unbranched alkanes of at least 4 members (excludes halogenated alkanes) is 1. The van der Waals surface area contributed by atoms with Crippen molar-refractivity contribution in [2.75, 3.05) is 39.8 Å². The van der Waals surface area contributed by atoms with E-state index in [0.29, 0.717) is 37.9 Å². The van der Waals surface area contributed by atoms with Crippen molar-refractivity contribution in [1.82, 2.24) is 15.1 Å². The number of amides is 2. The molecule has 24 heavy (non-hydrogen) atoms. The van der Waals surface area contributed by atoms with Crippen LogP contribution < -0.4 is 5.32 Å². The maximum Gasteiger partial charge on any atom is 0.251 e. The fraction of sp³-hybridized carbons (Fsp3) is 0.556. The number of nitrogens with one attached hydrogen (secondary N) is 1. The molecule has 0 spiro atoms. The Hall–Kier alpha value is -1.92. The Morgan fingerprint density at radius 3 is 2.42 bits per heavy atom. The molecule has 2 N–H and O–H groups in total. The number of likely N-dealkylation sites (N-methyl/N-ethyl adjacent to an activating group) is 1. The standard InChI is InChI=1S/C18H27N3O3/c1-20-10-12-21(13-11-20)18(24)16(9-5-6-14-22)19-17(23)15-7-3-2-4-8-15/h2-4,7-8,16,22H,5-6,9-14H2,1H3,(H,19,23). The number of piperazine rings is 1. The van der Waals surface area contributed by atoms with Gasteiger partial charge in [0.25, 0.3) is 5.91 Å². The minimum Gasteiger partial charge on any atom is -0.396 e. The van der Waals surface area contributed by atoms with Crippen molar-refractivity contribution >= 4 is 11.8 Å². The maximum atomic E-state index is 12.8. The summed E-state index contributed by atoms with van der Waals surface area (Å²) in [6.45, 7) is 3.17. The van der Waals surface area contributed by atoms with E-state index < -0.39 is 6.04 Å². The number of hydrogen-bond acceptors (Lipinski definition) is 4. The molecule has 1 aliphatic heterocycles. The summed E-state index contributed by atoms with van der Waals surface area (Å²) >= 11 is 0. The number of aliphatic hydroxyl groups is 1. The van der Waals surface area contributed by atoms with Crippen molar-refractivity contribution in [2.24, 2.45) is 0 Å². The number of carbonyl (C=O) groups excluding carboxylic acids is 2. The summed E-state index contributed by atoms with van der Waals surface area (Å²) in [5.41, 5.74) is 0.552. The smallest absolute Gasteiger partial charge is 0.251 e. The summed E-state index contributed by atoms with van der Waals surface area (Å²) in [6.07, 6.45) is 1.88. The van der Waals surface area contributed by atoms with Crippen molar-refractivity contribution in [3.05, 3.63) is 35.9 Å². The number of aliphatic hydroxyl groups excluding tert-OH is 1. The van der Waals surface area contributed by atoms with Crippen LogP contribution in [-0.4, -0.2) is 72.6 Å². The first-order valence-corrected chi connectivity index (χ1v) is 8.56. The third-order valence-electron chi connectivity index (χ3n) is 4.36. The van der Waals surface area contributed by atoms with E-state index in [2.05, 4.69) is 10.2 Å². The Bertz CT molecular complexity index is 528. The number of rotatable bonds is 7. The largest absolute Gasteiger partial charge is 0.396 e. The first-order chi connectivity index (χ1) is 11.6. The van der Waals surface area contributed by atoms with Crippen molar-refractivity contribution in [2.45, 2.75) is 25.3 Å². The molecule has 132 valence electrons. The maximum absolute atomic E-state index is 12.8. The number of nitrogens with zero attached hydrogens (tertiary/aromatic N) is 2. The fourth-order valence-electron chi connectivity index (χ4n) is 2.80. The van der Waals surface area contributed by atoms with Crippen LogP contribution in [0.3, 0.4) is 0 Å². The molecule has 1 fully saturated rings. The van der Waals surface area contributed by atoms with Crippen LogP contribution in [0.2, 0.25) is 0 Å². The quantitative estimate of drug-likeness (QED) is 0.721. The van der Waals surface area contributed by atoms with E-state index in [1.165, 1.54) is 0 Å². The third kappa shape index (κ3) is 5.32. The summed E-state index contributed by atoms with van der Waals surface area (Å²) in [5.74, 6) is -0.252. The van der Waals surface area contributed by atoms with Crippen molar-refractivity contribution < 1.29 is 14.7 Å². The van der Waals surface area contributed by atoms with Crippen molar-refractivity contribution in [3.8, 4) is 0 Å². The molecule has 0 aliphatic carbocycles. The minimum atomic E-state index is -0.535. The predicted octanol–water partition coefficient (Wildman–Crippen LogP) is 0.722. The van der Waals surface area contributed by atoms with Crippen LogP contribution in [0, 0.1) is 0 Å². The molecule has 0 radical (unpaired) electrons. The van der Waals surface area contributed by atoms with Gasteiger partial charge in [-0.3, -0.25) is 9.59 Å². The summed E-state index contributed by atoms with van der Waals surface area (Å²) in [4.78, 5) is 29.2. The zero-order valence-electron chi connectivity index (χ0n) is 14.3.